The molecule has 0 fully saturated rings. The Morgan fingerprint density at radius 3 is 2.62 bits per heavy atom. The van der Waals surface area contributed by atoms with Gasteiger partial charge in [0, 0.05) is 0 Å². The van der Waals surface area contributed by atoms with Gasteiger partial charge in [-0.25, -0.2) is 4.79 Å². The fourth-order valence-corrected chi connectivity index (χ4v) is 3.29. The molecule has 0 radical (unpaired) electrons. The summed E-state index contributed by atoms with van der Waals surface area (Å²) in [5.41, 5.74) is 0.250. The molecule has 1 aliphatic rings. The van der Waals surface area contributed by atoms with Crippen LogP contribution in [-0.4, -0.2) is 41.3 Å². The number of ether oxygens (including phenoxy) is 2. The van der Waals surface area contributed by atoms with Crippen molar-refractivity contribution >= 4 is 46.6 Å². The van der Waals surface area contributed by atoms with Gasteiger partial charge in [0.25, 0.3) is 11.6 Å². The third-order valence-electron chi connectivity index (χ3n) is 4.60. The number of aromatic carboxylic acids is 1. The first-order chi connectivity index (χ1) is 15.2. The second kappa shape index (κ2) is 9.06. The molecule has 2 aromatic rings. The molecule has 0 spiro atoms. The molecule has 0 bridgehead atoms. The highest BCUT2D eigenvalue weighted by Crippen LogP contribution is 2.37. The maximum absolute atomic E-state index is 13.0. The quantitative estimate of drug-likeness (QED) is 0.373. The van der Waals surface area contributed by atoms with Gasteiger partial charge in [-0.3, -0.25) is 14.9 Å². The van der Waals surface area contributed by atoms with Crippen molar-refractivity contribution in [2.24, 2.45) is 5.10 Å². The summed E-state index contributed by atoms with van der Waals surface area (Å²) in [4.78, 5) is 35.4. The molecule has 0 saturated carbocycles. The van der Waals surface area contributed by atoms with E-state index in [1.54, 1.807) is 13.8 Å². The molecule has 1 amide bonds. The Labute approximate surface area is 187 Å². The minimum Gasteiger partial charge on any atom is -0.493 e. The minimum absolute atomic E-state index is 0.0153. The van der Waals surface area contributed by atoms with Crippen LogP contribution in [0.4, 0.5) is 11.4 Å². The molecule has 2 aromatic carbocycles. The number of hydrazone groups is 1. The topological polar surface area (TPSA) is 132 Å². The van der Waals surface area contributed by atoms with Crippen LogP contribution in [0.25, 0.3) is 6.08 Å². The predicted molar refractivity (Wildman–Crippen MR) is 118 cm³/mol. The number of anilines is 1. The number of nitro groups is 1. The Kier molecular flexibility index (Phi) is 6.45. The number of benzene rings is 2. The van der Waals surface area contributed by atoms with Crippen LogP contribution >= 0.6 is 11.6 Å². The van der Waals surface area contributed by atoms with Gasteiger partial charge < -0.3 is 14.6 Å². The normalized spacial score (nSPS) is 14.5. The molecule has 0 aliphatic carbocycles. The maximum Gasteiger partial charge on any atom is 0.337 e. The van der Waals surface area contributed by atoms with Crippen LogP contribution in [0.2, 0.25) is 5.02 Å². The van der Waals surface area contributed by atoms with Crippen molar-refractivity contribution in [1.82, 2.24) is 0 Å². The number of nitro benzene ring substituents is 1. The van der Waals surface area contributed by atoms with Gasteiger partial charge in [0.2, 0.25) is 0 Å². The second-order valence-electron chi connectivity index (χ2n) is 6.58. The van der Waals surface area contributed by atoms with Gasteiger partial charge in [0.15, 0.2) is 11.5 Å². The van der Waals surface area contributed by atoms with Gasteiger partial charge in [0.05, 0.1) is 57.8 Å². The molecule has 10 nitrogen and oxygen atoms in total. The van der Waals surface area contributed by atoms with Crippen molar-refractivity contribution in [2.75, 3.05) is 18.7 Å². The lowest BCUT2D eigenvalue weighted by molar-refractivity contribution is -0.385. The van der Waals surface area contributed by atoms with Gasteiger partial charge in [-0.1, -0.05) is 11.6 Å². The zero-order valence-electron chi connectivity index (χ0n) is 17.3. The van der Waals surface area contributed by atoms with Crippen molar-refractivity contribution in [3.63, 3.8) is 0 Å². The Bertz CT molecular complexity index is 1190. The van der Waals surface area contributed by atoms with Gasteiger partial charge >= 0.3 is 5.97 Å². The molecule has 1 heterocycles. The number of carboxylic acids is 1. The smallest absolute Gasteiger partial charge is 0.337 e. The van der Waals surface area contributed by atoms with Gasteiger partial charge in [-0.05, 0) is 44.2 Å². The van der Waals surface area contributed by atoms with Crippen molar-refractivity contribution < 1.29 is 29.1 Å². The molecule has 0 aromatic heterocycles. The number of carbonyl (C=O) groups excluding carboxylic acids is 1. The Morgan fingerprint density at radius 1 is 1.31 bits per heavy atom. The summed E-state index contributed by atoms with van der Waals surface area (Å²) >= 11 is 5.89. The van der Waals surface area contributed by atoms with E-state index < -0.39 is 16.8 Å². The van der Waals surface area contributed by atoms with Crippen LogP contribution in [0.5, 0.6) is 11.5 Å². The fourth-order valence-electron chi connectivity index (χ4n) is 3.09. The zero-order chi connectivity index (χ0) is 23.6. The number of carboxylic acid groups (broad SMARTS) is 1. The molecule has 32 heavy (non-hydrogen) atoms. The molecule has 11 heteroatoms. The van der Waals surface area contributed by atoms with Crippen LogP contribution < -0.4 is 14.5 Å². The highest BCUT2D eigenvalue weighted by molar-refractivity contribution is 6.34. The first-order valence-corrected chi connectivity index (χ1v) is 9.69. The summed E-state index contributed by atoms with van der Waals surface area (Å²) in [6, 6.07) is 6.67. The Hall–Kier alpha value is -3.92. The number of methoxy groups -OCH3 is 1. The molecule has 3 rings (SSSR count). The van der Waals surface area contributed by atoms with E-state index >= 15 is 0 Å². The van der Waals surface area contributed by atoms with E-state index in [0.717, 1.165) is 5.01 Å². The summed E-state index contributed by atoms with van der Waals surface area (Å²) in [6.45, 7) is 3.58. The molecule has 1 aliphatic heterocycles. The molecular weight excluding hydrogens is 442 g/mol. The molecule has 166 valence electrons. The van der Waals surface area contributed by atoms with E-state index in [1.165, 1.54) is 43.5 Å². The molecule has 0 unspecified atom stereocenters. The van der Waals surface area contributed by atoms with E-state index in [2.05, 4.69) is 5.10 Å². The zero-order valence-corrected chi connectivity index (χ0v) is 18.0. The fraction of sp³-hybridized carbons (Fsp3) is 0.190. The number of carbonyl (C=O) groups is 2. The largest absolute Gasteiger partial charge is 0.493 e. The number of rotatable bonds is 7. The second-order valence-corrected chi connectivity index (χ2v) is 6.99. The first-order valence-electron chi connectivity index (χ1n) is 9.31. The monoisotopic (exact) mass is 459 g/mol. The summed E-state index contributed by atoms with van der Waals surface area (Å²) in [5.74, 6) is -1.36. The molecular formula is C21H18ClN3O7. The predicted octanol–water partition coefficient (Wildman–Crippen LogP) is 4.16. The number of hydrogen-bond donors (Lipinski definition) is 1. The van der Waals surface area contributed by atoms with Gasteiger partial charge in [0.1, 0.15) is 0 Å². The minimum atomic E-state index is -1.25. The number of halogens is 1. The summed E-state index contributed by atoms with van der Waals surface area (Å²) < 4.78 is 10.7. The van der Waals surface area contributed by atoms with E-state index in [0.29, 0.717) is 5.71 Å². The summed E-state index contributed by atoms with van der Waals surface area (Å²) in [7, 11) is 1.40. The van der Waals surface area contributed by atoms with Crippen LogP contribution in [0.15, 0.2) is 41.0 Å². The maximum atomic E-state index is 13.0. The third kappa shape index (κ3) is 4.26. The van der Waals surface area contributed by atoms with Crippen molar-refractivity contribution in [3.05, 3.63) is 62.2 Å². The number of nitrogens with zero attached hydrogens (tertiary/aromatic N) is 3. The van der Waals surface area contributed by atoms with Crippen LogP contribution in [-0.2, 0) is 4.79 Å². The molecule has 0 saturated heterocycles. The number of hydrogen-bond acceptors (Lipinski definition) is 7. The van der Waals surface area contributed by atoms with Crippen molar-refractivity contribution in [1.29, 1.82) is 0 Å². The van der Waals surface area contributed by atoms with Gasteiger partial charge in [-0.15, -0.1) is 0 Å². The average Bonchev–Trinajstić information content (AvgIpc) is 3.02. The van der Waals surface area contributed by atoms with E-state index in [9.17, 15) is 24.8 Å². The van der Waals surface area contributed by atoms with Crippen LogP contribution in [0.3, 0.4) is 0 Å². The Balaban J connectivity index is 2.07. The lowest BCUT2D eigenvalue weighted by Gasteiger charge is -2.13. The Morgan fingerprint density at radius 2 is 2.03 bits per heavy atom. The van der Waals surface area contributed by atoms with Crippen molar-refractivity contribution in [3.8, 4) is 11.5 Å². The molecule has 1 N–H and O–H groups in total. The van der Waals surface area contributed by atoms with E-state index in [1.807, 2.05) is 0 Å². The highest BCUT2D eigenvalue weighted by Gasteiger charge is 2.31. The standard InChI is InChI=1S/C21H18ClN3O7/c1-4-32-19-10-17(25(29)30)12(8-18(19)31-3)7-14-11(2)23-24(20(14)26)13-5-6-16(22)15(9-13)21(27)28/h5-10H,4H2,1-3H3,(H,27,28)/b14-7-. The van der Waals surface area contributed by atoms with Crippen LogP contribution in [0.1, 0.15) is 29.8 Å². The first kappa shape index (κ1) is 22.8. The number of amides is 1. The van der Waals surface area contributed by atoms with Gasteiger partial charge in [-0.2, -0.15) is 10.1 Å². The highest BCUT2D eigenvalue weighted by atomic mass is 35.5. The van der Waals surface area contributed by atoms with E-state index in [4.69, 9.17) is 21.1 Å². The summed E-state index contributed by atoms with van der Waals surface area (Å²) in [5, 5.41) is 26.1. The average molecular weight is 460 g/mol. The lowest BCUT2D eigenvalue weighted by atomic mass is 10.0. The lowest BCUT2D eigenvalue weighted by Crippen LogP contribution is -2.21. The van der Waals surface area contributed by atoms with E-state index in [-0.39, 0.29) is 51.2 Å². The van der Waals surface area contributed by atoms with Crippen LogP contribution in [0, 0.1) is 10.1 Å². The third-order valence-corrected chi connectivity index (χ3v) is 4.93. The SMILES string of the molecule is CCOc1cc([N+](=O)[O-])c(/C=C2\C(=O)N(c3ccc(Cl)c(C(=O)O)c3)N=C2C)cc1OC. The molecule has 0 atom stereocenters. The van der Waals surface area contributed by atoms with Crippen molar-refractivity contribution in [2.45, 2.75) is 13.8 Å². The summed E-state index contributed by atoms with van der Waals surface area (Å²) in [6.07, 6.45) is 1.34.